The first-order valence-electron chi connectivity index (χ1n) is 4.63. The fourth-order valence-corrected chi connectivity index (χ4v) is 1.98. The molecule has 90 valence electrons. The molecule has 6 heteroatoms. The molecule has 0 aliphatic rings. The van der Waals surface area contributed by atoms with Gasteiger partial charge in [0, 0.05) is 17.9 Å². The molecule has 0 aliphatic heterocycles. The van der Waals surface area contributed by atoms with E-state index in [4.69, 9.17) is 5.73 Å². The minimum Gasteiger partial charge on any atom is -0.323 e. The van der Waals surface area contributed by atoms with Gasteiger partial charge in [0.05, 0.1) is 5.25 Å². The van der Waals surface area contributed by atoms with Crippen LogP contribution in [0.2, 0.25) is 0 Å². The van der Waals surface area contributed by atoms with Crippen LogP contribution in [0.25, 0.3) is 0 Å². The molecule has 0 radical (unpaired) electrons. The zero-order valence-corrected chi connectivity index (χ0v) is 9.76. The summed E-state index contributed by atoms with van der Waals surface area (Å²) in [6.45, 7) is 1.37. The zero-order valence-electron chi connectivity index (χ0n) is 8.94. The lowest BCUT2D eigenvalue weighted by atomic mass is 10.0. The Kier molecular flexibility index (Phi) is 3.64. The summed E-state index contributed by atoms with van der Waals surface area (Å²) in [5.41, 5.74) is 5.48. The lowest BCUT2D eigenvalue weighted by molar-refractivity contribution is 0.484. The predicted molar refractivity (Wildman–Crippen MR) is 57.6 cm³/mol. The van der Waals surface area contributed by atoms with Crippen LogP contribution in [-0.2, 0) is 9.84 Å². The summed E-state index contributed by atoms with van der Waals surface area (Å²) in [7, 11) is -3.39. The first-order chi connectivity index (χ1) is 7.25. The number of halogens is 2. The van der Waals surface area contributed by atoms with Gasteiger partial charge in [0.25, 0.3) is 0 Å². The summed E-state index contributed by atoms with van der Waals surface area (Å²) >= 11 is 0. The molecule has 0 spiro atoms. The first kappa shape index (κ1) is 13.1. The van der Waals surface area contributed by atoms with Crippen molar-refractivity contribution < 1.29 is 17.2 Å². The van der Waals surface area contributed by atoms with Crippen molar-refractivity contribution in [3.63, 3.8) is 0 Å². The third-order valence-corrected chi connectivity index (χ3v) is 4.17. The van der Waals surface area contributed by atoms with E-state index in [-0.39, 0.29) is 5.56 Å². The highest BCUT2D eigenvalue weighted by Gasteiger charge is 2.26. The molecule has 0 fully saturated rings. The van der Waals surface area contributed by atoms with Gasteiger partial charge in [-0.1, -0.05) is 12.1 Å². The fourth-order valence-electron chi connectivity index (χ4n) is 1.30. The molecule has 0 aromatic heterocycles. The number of rotatable bonds is 3. The van der Waals surface area contributed by atoms with Crippen LogP contribution < -0.4 is 5.73 Å². The van der Waals surface area contributed by atoms with Crippen molar-refractivity contribution in [1.82, 2.24) is 0 Å². The molecule has 0 bridgehead atoms. The van der Waals surface area contributed by atoms with Gasteiger partial charge < -0.3 is 5.73 Å². The first-order valence-corrected chi connectivity index (χ1v) is 6.59. The number of hydrogen-bond donors (Lipinski definition) is 1. The van der Waals surface area contributed by atoms with E-state index in [1.165, 1.54) is 19.1 Å². The minimum absolute atomic E-state index is 0.127. The standard InChI is InChI=1S/C10H13F2NO2S/c1-6(16(2,14)15)10(13)7-4-3-5-8(11)9(7)12/h3-6,10H,13H2,1-2H3. The van der Waals surface area contributed by atoms with Crippen LogP contribution in [0.15, 0.2) is 18.2 Å². The Hall–Kier alpha value is -1.01. The van der Waals surface area contributed by atoms with Crippen LogP contribution >= 0.6 is 0 Å². The van der Waals surface area contributed by atoms with Gasteiger partial charge in [-0.25, -0.2) is 17.2 Å². The number of hydrogen-bond acceptors (Lipinski definition) is 3. The Morgan fingerprint density at radius 2 is 1.88 bits per heavy atom. The zero-order chi connectivity index (χ0) is 12.5. The second-order valence-corrected chi connectivity index (χ2v) is 6.11. The van der Waals surface area contributed by atoms with E-state index in [9.17, 15) is 17.2 Å². The Labute approximate surface area is 93.2 Å². The van der Waals surface area contributed by atoms with Gasteiger partial charge in [0.15, 0.2) is 21.5 Å². The summed E-state index contributed by atoms with van der Waals surface area (Å²) in [5.74, 6) is -2.13. The highest BCUT2D eigenvalue weighted by atomic mass is 32.2. The van der Waals surface area contributed by atoms with Gasteiger partial charge in [0.1, 0.15) is 0 Å². The average Bonchev–Trinajstić information content (AvgIpc) is 2.18. The molecule has 1 aromatic rings. The quantitative estimate of drug-likeness (QED) is 0.880. The van der Waals surface area contributed by atoms with E-state index in [0.717, 1.165) is 12.3 Å². The molecule has 1 rings (SSSR count). The van der Waals surface area contributed by atoms with Crippen molar-refractivity contribution in [2.24, 2.45) is 5.73 Å². The molecule has 0 heterocycles. The van der Waals surface area contributed by atoms with Crippen molar-refractivity contribution in [1.29, 1.82) is 0 Å². The molecule has 16 heavy (non-hydrogen) atoms. The van der Waals surface area contributed by atoms with Gasteiger partial charge in [-0.3, -0.25) is 0 Å². The summed E-state index contributed by atoms with van der Waals surface area (Å²) in [6, 6.07) is 2.45. The number of sulfone groups is 1. The topological polar surface area (TPSA) is 60.2 Å². The van der Waals surface area contributed by atoms with Crippen LogP contribution in [0, 0.1) is 11.6 Å². The maximum absolute atomic E-state index is 13.4. The Bertz CT molecular complexity index is 488. The van der Waals surface area contributed by atoms with E-state index in [1.54, 1.807) is 0 Å². The SMILES string of the molecule is CC(C(N)c1cccc(F)c1F)S(C)(=O)=O. The Morgan fingerprint density at radius 1 is 1.31 bits per heavy atom. The Morgan fingerprint density at radius 3 is 2.38 bits per heavy atom. The van der Waals surface area contributed by atoms with Crippen molar-refractivity contribution in [3.05, 3.63) is 35.4 Å². The normalized spacial score (nSPS) is 15.8. The second kappa shape index (κ2) is 4.47. The number of nitrogens with two attached hydrogens (primary N) is 1. The monoisotopic (exact) mass is 249 g/mol. The maximum Gasteiger partial charge on any atom is 0.163 e. The van der Waals surface area contributed by atoms with E-state index < -0.39 is 32.8 Å². The third-order valence-electron chi connectivity index (χ3n) is 2.52. The molecule has 0 saturated carbocycles. The minimum atomic E-state index is -3.39. The molecule has 0 aliphatic carbocycles. The van der Waals surface area contributed by atoms with Gasteiger partial charge >= 0.3 is 0 Å². The van der Waals surface area contributed by atoms with Gasteiger partial charge in [0.2, 0.25) is 0 Å². The summed E-state index contributed by atoms with van der Waals surface area (Å²) in [6.07, 6.45) is 1.01. The summed E-state index contributed by atoms with van der Waals surface area (Å²) < 4.78 is 48.8. The van der Waals surface area contributed by atoms with E-state index in [0.29, 0.717) is 0 Å². The van der Waals surface area contributed by atoms with E-state index in [1.807, 2.05) is 0 Å². The maximum atomic E-state index is 13.4. The highest BCUT2D eigenvalue weighted by Crippen LogP contribution is 2.23. The molecule has 3 nitrogen and oxygen atoms in total. The van der Waals surface area contributed by atoms with Gasteiger partial charge in [-0.2, -0.15) is 0 Å². The predicted octanol–water partition coefficient (Wildman–Crippen LogP) is 1.40. The fraction of sp³-hybridized carbons (Fsp3) is 0.400. The van der Waals surface area contributed by atoms with E-state index >= 15 is 0 Å². The smallest absolute Gasteiger partial charge is 0.163 e. The van der Waals surface area contributed by atoms with Gasteiger partial charge in [-0.05, 0) is 13.0 Å². The molecular formula is C10H13F2NO2S. The molecule has 2 atom stereocenters. The average molecular weight is 249 g/mol. The molecular weight excluding hydrogens is 236 g/mol. The Balaban J connectivity index is 3.15. The van der Waals surface area contributed by atoms with Crippen LogP contribution in [0.5, 0.6) is 0 Å². The largest absolute Gasteiger partial charge is 0.323 e. The van der Waals surface area contributed by atoms with Crippen LogP contribution in [0.4, 0.5) is 8.78 Å². The highest BCUT2D eigenvalue weighted by molar-refractivity contribution is 7.91. The third kappa shape index (κ3) is 2.56. The lowest BCUT2D eigenvalue weighted by Crippen LogP contribution is -2.31. The molecule has 0 saturated heterocycles. The summed E-state index contributed by atoms with van der Waals surface area (Å²) in [4.78, 5) is 0. The van der Waals surface area contributed by atoms with Crippen molar-refractivity contribution in [3.8, 4) is 0 Å². The molecule has 2 unspecified atom stereocenters. The van der Waals surface area contributed by atoms with Crippen molar-refractivity contribution in [2.75, 3.05) is 6.26 Å². The van der Waals surface area contributed by atoms with Crippen LogP contribution in [0.3, 0.4) is 0 Å². The number of benzene rings is 1. The van der Waals surface area contributed by atoms with Crippen LogP contribution in [0.1, 0.15) is 18.5 Å². The van der Waals surface area contributed by atoms with Gasteiger partial charge in [-0.15, -0.1) is 0 Å². The van der Waals surface area contributed by atoms with Crippen LogP contribution in [-0.4, -0.2) is 19.9 Å². The second-order valence-electron chi connectivity index (χ2n) is 3.70. The molecule has 1 aromatic carbocycles. The molecule has 2 N–H and O–H groups in total. The summed E-state index contributed by atoms with van der Waals surface area (Å²) in [5, 5.41) is -0.969. The lowest BCUT2D eigenvalue weighted by Gasteiger charge is -2.19. The molecule has 0 amide bonds. The van der Waals surface area contributed by atoms with E-state index in [2.05, 4.69) is 0 Å². The van der Waals surface area contributed by atoms with Crippen molar-refractivity contribution in [2.45, 2.75) is 18.2 Å². The van der Waals surface area contributed by atoms with Crippen molar-refractivity contribution >= 4 is 9.84 Å².